The van der Waals surface area contributed by atoms with Crippen LogP contribution < -0.4 is 0 Å². The molecule has 1 aliphatic rings. The first kappa shape index (κ1) is 10.7. The van der Waals surface area contributed by atoms with E-state index in [2.05, 4.69) is 0 Å². The van der Waals surface area contributed by atoms with Gasteiger partial charge in [0.2, 0.25) is 0 Å². The molecule has 76 valence electrons. The largest absolute Gasteiger partial charge is 0.392 e. The Bertz CT molecular complexity index is 196. The number of carbonyl (C=O) groups is 1. The molecular weight excluding hydrogens is 166 g/mol. The number of aliphatic hydroxyl groups excluding tert-OH is 1. The predicted molar refractivity (Wildman–Crippen MR) is 51.5 cm³/mol. The van der Waals surface area contributed by atoms with E-state index in [4.69, 9.17) is 0 Å². The van der Waals surface area contributed by atoms with Crippen molar-refractivity contribution in [3.63, 3.8) is 0 Å². The van der Waals surface area contributed by atoms with Crippen LogP contribution in [0, 0.1) is 5.41 Å². The number of aliphatic hydroxyl groups is 1. The molecule has 1 fully saturated rings. The topological polar surface area (TPSA) is 40.5 Å². The highest BCUT2D eigenvalue weighted by Gasteiger charge is 2.27. The van der Waals surface area contributed by atoms with E-state index in [9.17, 15) is 9.90 Å². The Labute approximate surface area is 79.7 Å². The SMILES string of the molecule is CC(C)(C)C(=O)CN1CC[C@H](O)C1. The van der Waals surface area contributed by atoms with Crippen LogP contribution in [-0.2, 0) is 4.79 Å². The van der Waals surface area contributed by atoms with Gasteiger partial charge >= 0.3 is 0 Å². The van der Waals surface area contributed by atoms with E-state index < -0.39 is 0 Å². The molecule has 0 aromatic carbocycles. The number of carbonyl (C=O) groups excluding carboxylic acids is 1. The van der Waals surface area contributed by atoms with Gasteiger partial charge in [-0.2, -0.15) is 0 Å². The van der Waals surface area contributed by atoms with Crippen molar-refractivity contribution in [3.05, 3.63) is 0 Å². The van der Waals surface area contributed by atoms with Gasteiger partial charge in [0.1, 0.15) is 0 Å². The second-order valence-corrected chi connectivity index (χ2v) is 4.85. The molecule has 1 saturated heterocycles. The number of rotatable bonds is 2. The Morgan fingerprint density at radius 2 is 2.15 bits per heavy atom. The molecule has 3 heteroatoms. The lowest BCUT2D eigenvalue weighted by molar-refractivity contribution is -0.127. The number of Topliss-reactive ketones (excluding diaryl/α,β-unsaturated/α-hetero) is 1. The third-order valence-electron chi connectivity index (χ3n) is 2.45. The van der Waals surface area contributed by atoms with Gasteiger partial charge in [0, 0.05) is 18.5 Å². The Kier molecular flexibility index (Phi) is 3.09. The van der Waals surface area contributed by atoms with Crippen molar-refractivity contribution in [3.8, 4) is 0 Å². The smallest absolute Gasteiger partial charge is 0.152 e. The maximum atomic E-state index is 11.6. The van der Waals surface area contributed by atoms with E-state index in [1.807, 2.05) is 25.7 Å². The lowest BCUT2D eigenvalue weighted by atomic mass is 9.90. The van der Waals surface area contributed by atoms with Crippen molar-refractivity contribution in [2.75, 3.05) is 19.6 Å². The van der Waals surface area contributed by atoms with Gasteiger partial charge in [-0.3, -0.25) is 9.69 Å². The zero-order chi connectivity index (χ0) is 10.1. The van der Waals surface area contributed by atoms with E-state index in [0.717, 1.165) is 13.0 Å². The summed E-state index contributed by atoms with van der Waals surface area (Å²) in [6.45, 7) is 7.79. The minimum atomic E-state index is -0.256. The Morgan fingerprint density at radius 3 is 2.54 bits per heavy atom. The summed E-state index contributed by atoms with van der Waals surface area (Å²) in [5, 5.41) is 9.26. The second kappa shape index (κ2) is 3.76. The molecule has 0 unspecified atom stereocenters. The van der Waals surface area contributed by atoms with E-state index in [1.54, 1.807) is 0 Å². The molecule has 0 aliphatic carbocycles. The molecule has 0 aromatic rings. The lowest BCUT2D eigenvalue weighted by Gasteiger charge is -2.21. The second-order valence-electron chi connectivity index (χ2n) is 4.85. The normalized spacial score (nSPS) is 25.1. The zero-order valence-electron chi connectivity index (χ0n) is 8.71. The molecule has 1 rings (SSSR count). The van der Waals surface area contributed by atoms with Crippen LogP contribution in [0.2, 0.25) is 0 Å². The van der Waals surface area contributed by atoms with Gasteiger partial charge in [-0.25, -0.2) is 0 Å². The molecule has 1 heterocycles. The van der Waals surface area contributed by atoms with Crippen LogP contribution in [0.3, 0.4) is 0 Å². The lowest BCUT2D eigenvalue weighted by Crippen LogP contribution is -2.34. The molecule has 0 amide bonds. The Balaban J connectivity index is 2.37. The van der Waals surface area contributed by atoms with E-state index in [1.165, 1.54) is 0 Å². The third-order valence-corrected chi connectivity index (χ3v) is 2.45. The van der Waals surface area contributed by atoms with Gasteiger partial charge in [-0.1, -0.05) is 20.8 Å². The fourth-order valence-corrected chi connectivity index (χ4v) is 1.40. The fourth-order valence-electron chi connectivity index (χ4n) is 1.40. The summed E-state index contributed by atoms with van der Waals surface area (Å²) >= 11 is 0. The highest BCUT2D eigenvalue weighted by molar-refractivity contribution is 5.85. The highest BCUT2D eigenvalue weighted by atomic mass is 16.3. The average molecular weight is 185 g/mol. The molecular formula is C10H19NO2. The molecule has 1 aliphatic heterocycles. The Hall–Kier alpha value is -0.410. The van der Waals surface area contributed by atoms with Gasteiger partial charge in [0.25, 0.3) is 0 Å². The van der Waals surface area contributed by atoms with Crippen molar-refractivity contribution in [2.45, 2.75) is 33.3 Å². The first-order valence-corrected chi connectivity index (χ1v) is 4.83. The number of hydrogen-bond donors (Lipinski definition) is 1. The highest BCUT2D eigenvalue weighted by Crippen LogP contribution is 2.17. The van der Waals surface area contributed by atoms with Gasteiger partial charge in [-0.05, 0) is 6.42 Å². The van der Waals surface area contributed by atoms with Crippen LogP contribution in [0.4, 0.5) is 0 Å². The van der Waals surface area contributed by atoms with Crippen molar-refractivity contribution in [2.24, 2.45) is 5.41 Å². The summed E-state index contributed by atoms with van der Waals surface area (Å²) in [5.41, 5.74) is -0.256. The average Bonchev–Trinajstić information content (AvgIpc) is 2.33. The quantitative estimate of drug-likeness (QED) is 0.687. The molecule has 0 aromatic heterocycles. The molecule has 13 heavy (non-hydrogen) atoms. The van der Waals surface area contributed by atoms with Crippen molar-refractivity contribution in [1.29, 1.82) is 0 Å². The number of β-amino-alcohol motifs (C(OH)–C–C–N with tert-alkyl or cyclic N) is 1. The van der Waals surface area contributed by atoms with E-state index in [0.29, 0.717) is 13.1 Å². The molecule has 0 radical (unpaired) electrons. The summed E-state index contributed by atoms with van der Waals surface area (Å²) in [7, 11) is 0. The zero-order valence-corrected chi connectivity index (χ0v) is 8.71. The van der Waals surface area contributed by atoms with Crippen molar-refractivity contribution in [1.82, 2.24) is 4.90 Å². The number of hydrogen-bond acceptors (Lipinski definition) is 3. The maximum Gasteiger partial charge on any atom is 0.152 e. The molecule has 3 nitrogen and oxygen atoms in total. The van der Waals surface area contributed by atoms with E-state index >= 15 is 0 Å². The Morgan fingerprint density at radius 1 is 1.54 bits per heavy atom. The monoisotopic (exact) mass is 185 g/mol. The summed E-state index contributed by atoms with van der Waals surface area (Å²) < 4.78 is 0. The van der Waals surface area contributed by atoms with Crippen LogP contribution in [0.25, 0.3) is 0 Å². The third kappa shape index (κ3) is 3.08. The molecule has 1 N–H and O–H groups in total. The van der Waals surface area contributed by atoms with Crippen LogP contribution >= 0.6 is 0 Å². The number of nitrogens with zero attached hydrogens (tertiary/aromatic N) is 1. The van der Waals surface area contributed by atoms with Gasteiger partial charge < -0.3 is 5.11 Å². The molecule has 0 saturated carbocycles. The van der Waals surface area contributed by atoms with Crippen molar-refractivity contribution >= 4 is 5.78 Å². The number of ketones is 1. The summed E-state index contributed by atoms with van der Waals surface area (Å²) in [5.74, 6) is 0.251. The van der Waals surface area contributed by atoms with Crippen LogP contribution in [0.1, 0.15) is 27.2 Å². The summed E-state index contributed by atoms with van der Waals surface area (Å²) in [6.07, 6.45) is 0.574. The first-order valence-electron chi connectivity index (χ1n) is 4.83. The standard InChI is InChI=1S/C10H19NO2/c1-10(2,3)9(13)7-11-5-4-8(12)6-11/h8,12H,4-7H2,1-3H3/t8-/m0/s1. The van der Waals surface area contributed by atoms with E-state index in [-0.39, 0.29) is 17.3 Å². The minimum absolute atomic E-state index is 0.229. The van der Waals surface area contributed by atoms with Crippen molar-refractivity contribution < 1.29 is 9.90 Å². The molecule has 1 atom stereocenters. The molecule has 0 bridgehead atoms. The fraction of sp³-hybridized carbons (Fsp3) is 0.900. The van der Waals surface area contributed by atoms with Crippen LogP contribution in [0.5, 0.6) is 0 Å². The van der Waals surface area contributed by atoms with Gasteiger partial charge in [-0.15, -0.1) is 0 Å². The predicted octanol–water partition coefficient (Wildman–Crippen LogP) is 0.668. The van der Waals surface area contributed by atoms with Crippen LogP contribution in [-0.4, -0.2) is 41.5 Å². The van der Waals surface area contributed by atoms with Gasteiger partial charge in [0.05, 0.1) is 12.6 Å². The molecule has 0 spiro atoms. The summed E-state index contributed by atoms with van der Waals surface area (Å²) in [6, 6.07) is 0. The number of likely N-dealkylation sites (tertiary alicyclic amines) is 1. The van der Waals surface area contributed by atoms with Crippen LogP contribution in [0.15, 0.2) is 0 Å². The maximum absolute atomic E-state index is 11.6. The van der Waals surface area contributed by atoms with Gasteiger partial charge in [0.15, 0.2) is 5.78 Å². The minimum Gasteiger partial charge on any atom is -0.392 e. The first-order chi connectivity index (χ1) is 5.89. The summed E-state index contributed by atoms with van der Waals surface area (Å²) in [4.78, 5) is 13.6.